The summed E-state index contributed by atoms with van der Waals surface area (Å²) in [5.74, 6) is 1.03. The highest BCUT2D eigenvalue weighted by molar-refractivity contribution is 9.12. The predicted molar refractivity (Wildman–Crippen MR) is 183 cm³/mol. The molecule has 0 N–H and O–H groups in total. The van der Waals surface area contributed by atoms with Crippen molar-refractivity contribution in [1.29, 1.82) is 0 Å². The number of rotatable bonds is 21. The van der Waals surface area contributed by atoms with Crippen LogP contribution < -0.4 is 4.74 Å². The van der Waals surface area contributed by atoms with Crippen molar-refractivity contribution in [2.24, 2.45) is 5.92 Å². The average Bonchev–Trinajstić information content (AvgIpc) is 3.34. The van der Waals surface area contributed by atoms with Gasteiger partial charge in [0.25, 0.3) is 0 Å². The van der Waals surface area contributed by atoms with E-state index in [9.17, 15) is 4.79 Å². The van der Waals surface area contributed by atoms with Gasteiger partial charge in [0.1, 0.15) is 5.75 Å². The summed E-state index contributed by atoms with van der Waals surface area (Å²) in [5.41, 5.74) is 3.99. The Balaban J connectivity index is 1.15. The van der Waals surface area contributed by atoms with Crippen LogP contribution in [0.3, 0.4) is 0 Å². The lowest BCUT2D eigenvalue weighted by atomic mass is 10.0. The quantitative estimate of drug-likeness (QED) is 0.0811. The van der Waals surface area contributed by atoms with Crippen LogP contribution in [-0.4, -0.2) is 25.8 Å². The number of ether oxygens (including phenoxy) is 3. The number of esters is 1. The minimum atomic E-state index is -0.258. The standard InChI is InChI=1S/C35H46Br2O4S/c1-3-27(2)25-41-35(38)30-16-14-28(15-17-30)29-18-20-32(21-19-29)40-23-13-11-9-7-5-4-6-8-10-12-22-39-26-31-24-33(36)42-34(31)37/h14-21,24,27H,3-13,22-23,25-26H2,1-2H3. The summed E-state index contributed by atoms with van der Waals surface area (Å²) < 4.78 is 19.5. The van der Waals surface area contributed by atoms with Crippen molar-refractivity contribution in [1.82, 2.24) is 0 Å². The second-order valence-electron chi connectivity index (χ2n) is 11.0. The van der Waals surface area contributed by atoms with Gasteiger partial charge in [-0.3, -0.25) is 0 Å². The van der Waals surface area contributed by atoms with Crippen LogP contribution >= 0.6 is 43.2 Å². The molecule has 1 aromatic heterocycles. The molecule has 1 unspecified atom stereocenters. The highest BCUT2D eigenvalue weighted by Crippen LogP contribution is 2.32. The largest absolute Gasteiger partial charge is 0.494 e. The SMILES string of the molecule is CCC(C)COC(=O)c1ccc(-c2ccc(OCCCCCCCCCCCCOCc3cc(Br)sc3Br)cc2)cc1. The molecule has 0 spiro atoms. The minimum absolute atomic E-state index is 0.258. The van der Waals surface area contributed by atoms with Gasteiger partial charge in [0.15, 0.2) is 0 Å². The van der Waals surface area contributed by atoms with E-state index in [-0.39, 0.29) is 5.97 Å². The summed E-state index contributed by atoms with van der Waals surface area (Å²) in [6.07, 6.45) is 13.6. The van der Waals surface area contributed by atoms with E-state index in [1.165, 1.54) is 56.9 Å². The summed E-state index contributed by atoms with van der Waals surface area (Å²) in [6, 6.07) is 17.9. The van der Waals surface area contributed by atoms with Gasteiger partial charge >= 0.3 is 5.97 Å². The third-order valence-electron chi connectivity index (χ3n) is 7.44. The molecule has 0 bridgehead atoms. The number of carbonyl (C=O) groups excluding carboxylic acids is 1. The number of hydrogen-bond acceptors (Lipinski definition) is 5. The first-order chi connectivity index (χ1) is 20.5. The highest BCUT2D eigenvalue weighted by atomic mass is 79.9. The number of hydrogen-bond donors (Lipinski definition) is 0. The van der Waals surface area contributed by atoms with E-state index >= 15 is 0 Å². The van der Waals surface area contributed by atoms with Gasteiger partial charge in [0.05, 0.1) is 33.0 Å². The van der Waals surface area contributed by atoms with Crippen molar-refractivity contribution in [3.63, 3.8) is 0 Å². The van der Waals surface area contributed by atoms with Gasteiger partial charge in [-0.25, -0.2) is 4.79 Å². The molecular weight excluding hydrogens is 676 g/mol. The van der Waals surface area contributed by atoms with Crippen molar-refractivity contribution in [2.45, 2.75) is 91.1 Å². The molecule has 0 aliphatic heterocycles. The smallest absolute Gasteiger partial charge is 0.338 e. The molecule has 0 fully saturated rings. The molecule has 0 saturated heterocycles. The maximum absolute atomic E-state index is 12.2. The fourth-order valence-corrected chi connectivity index (χ4v) is 7.31. The van der Waals surface area contributed by atoms with Gasteiger partial charge in [-0.05, 0) is 92.1 Å². The molecule has 0 amide bonds. The Bertz CT molecular complexity index is 1160. The summed E-state index contributed by atoms with van der Waals surface area (Å²) in [4.78, 5) is 12.2. The van der Waals surface area contributed by atoms with Gasteiger partial charge in [-0.2, -0.15) is 0 Å². The van der Waals surface area contributed by atoms with Gasteiger partial charge < -0.3 is 14.2 Å². The molecule has 0 saturated carbocycles. The van der Waals surface area contributed by atoms with E-state index in [1.54, 1.807) is 11.3 Å². The Kier molecular flexibility index (Phi) is 16.8. The second kappa shape index (κ2) is 20.3. The number of unbranched alkanes of at least 4 members (excludes halogenated alkanes) is 9. The summed E-state index contributed by atoms with van der Waals surface area (Å²) in [7, 11) is 0. The van der Waals surface area contributed by atoms with Crippen LogP contribution in [-0.2, 0) is 16.1 Å². The van der Waals surface area contributed by atoms with E-state index < -0.39 is 0 Å². The fraction of sp³-hybridized carbons (Fsp3) is 0.514. The molecule has 7 heteroatoms. The molecule has 0 aliphatic rings. The Morgan fingerprint density at radius 3 is 1.88 bits per heavy atom. The first kappa shape index (κ1) is 34.8. The maximum atomic E-state index is 12.2. The average molecular weight is 723 g/mol. The molecule has 3 aromatic rings. The zero-order chi connectivity index (χ0) is 30.0. The van der Waals surface area contributed by atoms with E-state index in [0.717, 1.165) is 56.9 Å². The van der Waals surface area contributed by atoms with E-state index in [1.807, 2.05) is 36.4 Å². The minimum Gasteiger partial charge on any atom is -0.494 e. The monoisotopic (exact) mass is 720 g/mol. The Labute approximate surface area is 273 Å². The first-order valence-corrected chi connectivity index (χ1v) is 17.9. The van der Waals surface area contributed by atoms with Crippen molar-refractivity contribution in [2.75, 3.05) is 19.8 Å². The van der Waals surface area contributed by atoms with Crippen LogP contribution in [0.5, 0.6) is 5.75 Å². The lowest BCUT2D eigenvalue weighted by Crippen LogP contribution is -2.11. The van der Waals surface area contributed by atoms with Crippen LogP contribution in [0.4, 0.5) is 0 Å². The molecule has 1 heterocycles. The van der Waals surface area contributed by atoms with E-state index in [4.69, 9.17) is 14.2 Å². The third-order valence-corrected chi connectivity index (χ3v) is 9.90. The number of halogens is 2. The fourth-order valence-electron chi connectivity index (χ4n) is 4.53. The van der Waals surface area contributed by atoms with Gasteiger partial charge in [-0.15, -0.1) is 11.3 Å². The summed E-state index contributed by atoms with van der Waals surface area (Å²) in [6.45, 7) is 6.94. The van der Waals surface area contributed by atoms with Crippen LogP contribution in [0.2, 0.25) is 0 Å². The van der Waals surface area contributed by atoms with E-state index in [2.05, 4.69) is 63.9 Å². The van der Waals surface area contributed by atoms with Crippen molar-refractivity contribution in [3.05, 3.63) is 73.3 Å². The second-order valence-corrected chi connectivity index (χ2v) is 14.7. The number of carbonyl (C=O) groups is 1. The summed E-state index contributed by atoms with van der Waals surface area (Å²) >= 11 is 8.79. The van der Waals surface area contributed by atoms with Crippen LogP contribution in [0.1, 0.15) is 100 Å². The number of thiophene rings is 1. The molecule has 42 heavy (non-hydrogen) atoms. The van der Waals surface area contributed by atoms with Crippen LogP contribution in [0.15, 0.2) is 62.2 Å². The van der Waals surface area contributed by atoms with E-state index in [0.29, 0.717) is 24.7 Å². The predicted octanol–water partition coefficient (Wildman–Crippen LogP) is 11.6. The normalized spacial score (nSPS) is 11.9. The van der Waals surface area contributed by atoms with Crippen molar-refractivity contribution < 1.29 is 19.0 Å². The molecule has 1 atom stereocenters. The van der Waals surface area contributed by atoms with Crippen LogP contribution in [0, 0.1) is 5.92 Å². The molecule has 0 radical (unpaired) electrons. The van der Waals surface area contributed by atoms with Gasteiger partial charge in [0, 0.05) is 12.2 Å². The summed E-state index contributed by atoms with van der Waals surface area (Å²) in [5, 5.41) is 0. The molecule has 0 aliphatic carbocycles. The molecule has 4 nitrogen and oxygen atoms in total. The number of benzene rings is 2. The van der Waals surface area contributed by atoms with Crippen molar-refractivity contribution in [3.8, 4) is 16.9 Å². The van der Waals surface area contributed by atoms with Gasteiger partial charge in [0.2, 0.25) is 0 Å². The zero-order valence-corrected chi connectivity index (χ0v) is 29.2. The topological polar surface area (TPSA) is 44.8 Å². The third kappa shape index (κ3) is 13.3. The lowest BCUT2D eigenvalue weighted by molar-refractivity contribution is 0.0447. The molecule has 3 rings (SSSR count). The first-order valence-electron chi connectivity index (χ1n) is 15.5. The van der Waals surface area contributed by atoms with Crippen molar-refractivity contribution >= 4 is 49.2 Å². The Morgan fingerprint density at radius 2 is 1.33 bits per heavy atom. The molecule has 2 aromatic carbocycles. The maximum Gasteiger partial charge on any atom is 0.338 e. The molecule has 230 valence electrons. The lowest BCUT2D eigenvalue weighted by Gasteiger charge is -2.10. The molecular formula is C35H46Br2O4S. The van der Waals surface area contributed by atoms with Crippen LogP contribution in [0.25, 0.3) is 11.1 Å². The zero-order valence-electron chi connectivity index (χ0n) is 25.2. The van der Waals surface area contributed by atoms with Gasteiger partial charge in [-0.1, -0.05) is 95.9 Å². The Morgan fingerprint density at radius 1 is 0.786 bits per heavy atom. The Hall–Kier alpha value is -1.67. The highest BCUT2D eigenvalue weighted by Gasteiger charge is 2.10.